The molecule has 0 amide bonds. The lowest BCUT2D eigenvalue weighted by molar-refractivity contribution is 0.411. The summed E-state index contributed by atoms with van der Waals surface area (Å²) in [5.41, 5.74) is 1.57. The molecule has 0 bridgehead atoms. The Balaban J connectivity index is 2.50. The Morgan fingerprint density at radius 2 is 2.00 bits per heavy atom. The van der Waals surface area contributed by atoms with Crippen LogP contribution >= 0.6 is 0 Å². The highest BCUT2D eigenvalue weighted by atomic mass is 15.0. The van der Waals surface area contributed by atoms with E-state index in [2.05, 4.69) is 62.8 Å². The van der Waals surface area contributed by atoms with Crippen molar-refractivity contribution < 1.29 is 0 Å². The minimum atomic E-state index is 0.188. The molecule has 2 nitrogen and oxygen atoms in total. The van der Waals surface area contributed by atoms with Crippen molar-refractivity contribution in [3.8, 4) is 0 Å². The van der Waals surface area contributed by atoms with Crippen molar-refractivity contribution >= 4 is 0 Å². The first-order valence-corrected chi connectivity index (χ1v) is 6.27. The van der Waals surface area contributed by atoms with Gasteiger partial charge in [-0.3, -0.25) is 0 Å². The van der Waals surface area contributed by atoms with E-state index in [4.69, 9.17) is 0 Å². The first kappa shape index (κ1) is 13.3. The minimum Gasteiger partial charge on any atom is -0.350 e. The summed E-state index contributed by atoms with van der Waals surface area (Å²) < 4.78 is 2.36. The Morgan fingerprint density at radius 1 is 1.31 bits per heavy atom. The van der Waals surface area contributed by atoms with Crippen molar-refractivity contribution in [1.29, 1.82) is 0 Å². The zero-order chi connectivity index (χ0) is 12.2. The van der Waals surface area contributed by atoms with Crippen LogP contribution in [0.3, 0.4) is 0 Å². The SMILES string of the molecule is CC(C)CCn1cccc1CNC(C)(C)C. The Labute approximate surface area is 100 Å². The van der Waals surface area contributed by atoms with E-state index in [1.807, 2.05) is 0 Å². The van der Waals surface area contributed by atoms with Crippen LogP contribution in [0.15, 0.2) is 18.3 Å². The minimum absolute atomic E-state index is 0.188. The van der Waals surface area contributed by atoms with Gasteiger partial charge < -0.3 is 9.88 Å². The fourth-order valence-corrected chi connectivity index (χ4v) is 1.58. The van der Waals surface area contributed by atoms with E-state index in [0.29, 0.717) is 0 Å². The van der Waals surface area contributed by atoms with Gasteiger partial charge in [-0.15, -0.1) is 0 Å². The molecule has 0 atom stereocenters. The van der Waals surface area contributed by atoms with Crippen molar-refractivity contribution in [3.05, 3.63) is 24.0 Å². The van der Waals surface area contributed by atoms with E-state index in [0.717, 1.165) is 19.0 Å². The average molecular weight is 222 g/mol. The van der Waals surface area contributed by atoms with Gasteiger partial charge in [-0.2, -0.15) is 0 Å². The van der Waals surface area contributed by atoms with Crippen LogP contribution < -0.4 is 5.32 Å². The third-order valence-corrected chi connectivity index (χ3v) is 2.67. The summed E-state index contributed by atoms with van der Waals surface area (Å²) in [5, 5.41) is 3.53. The number of rotatable bonds is 5. The molecule has 1 rings (SSSR count). The van der Waals surface area contributed by atoms with E-state index >= 15 is 0 Å². The van der Waals surface area contributed by atoms with Crippen LogP contribution in [0.1, 0.15) is 46.7 Å². The van der Waals surface area contributed by atoms with Gasteiger partial charge in [0.05, 0.1) is 0 Å². The predicted molar refractivity (Wildman–Crippen MR) is 70.5 cm³/mol. The highest BCUT2D eigenvalue weighted by Gasteiger charge is 2.10. The van der Waals surface area contributed by atoms with Gasteiger partial charge in [-0.1, -0.05) is 13.8 Å². The molecule has 0 aliphatic rings. The molecule has 1 N–H and O–H groups in total. The average Bonchev–Trinajstić information content (AvgIpc) is 2.57. The number of aryl methyl sites for hydroxylation is 1. The Bertz CT molecular complexity index is 305. The Kier molecular flexibility index (Phi) is 4.60. The van der Waals surface area contributed by atoms with Crippen molar-refractivity contribution in [1.82, 2.24) is 9.88 Å². The molecule has 0 spiro atoms. The molecule has 0 aliphatic heterocycles. The summed E-state index contributed by atoms with van der Waals surface area (Å²) >= 11 is 0. The molecule has 0 fully saturated rings. The summed E-state index contributed by atoms with van der Waals surface area (Å²) in [6.07, 6.45) is 3.43. The monoisotopic (exact) mass is 222 g/mol. The summed E-state index contributed by atoms with van der Waals surface area (Å²) in [4.78, 5) is 0. The van der Waals surface area contributed by atoms with E-state index in [1.165, 1.54) is 12.1 Å². The van der Waals surface area contributed by atoms with Gasteiger partial charge in [0, 0.05) is 30.5 Å². The highest BCUT2D eigenvalue weighted by molar-refractivity contribution is 5.07. The van der Waals surface area contributed by atoms with Crippen molar-refractivity contribution in [3.63, 3.8) is 0 Å². The lowest BCUT2D eigenvalue weighted by Crippen LogP contribution is -2.35. The van der Waals surface area contributed by atoms with Gasteiger partial charge in [-0.05, 0) is 45.2 Å². The van der Waals surface area contributed by atoms with Gasteiger partial charge >= 0.3 is 0 Å². The van der Waals surface area contributed by atoms with Crippen LogP contribution in [0.4, 0.5) is 0 Å². The van der Waals surface area contributed by atoms with E-state index in [1.54, 1.807) is 0 Å². The second-order valence-corrected chi connectivity index (χ2v) is 5.98. The molecule has 0 aliphatic carbocycles. The van der Waals surface area contributed by atoms with Gasteiger partial charge in [0.15, 0.2) is 0 Å². The molecule has 0 aromatic carbocycles. The molecule has 0 saturated carbocycles. The predicted octanol–water partition coefficient (Wildman–Crippen LogP) is 3.42. The van der Waals surface area contributed by atoms with Crippen LogP contribution in [0, 0.1) is 5.92 Å². The number of hydrogen-bond acceptors (Lipinski definition) is 1. The second-order valence-electron chi connectivity index (χ2n) is 5.98. The summed E-state index contributed by atoms with van der Waals surface area (Å²) in [5.74, 6) is 0.769. The lowest BCUT2D eigenvalue weighted by Gasteiger charge is -2.21. The van der Waals surface area contributed by atoms with Crippen LogP contribution in [0.5, 0.6) is 0 Å². The maximum Gasteiger partial charge on any atom is 0.0363 e. The molecule has 1 aromatic heterocycles. The number of aromatic nitrogens is 1. The molecule has 0 unspecified atom stereocenters. The van der Waals surface area contributed by atoms with Gasteiger partial charge in [0.2, 0.25) is 0 Å². The van der Waals surface area contributed by atoms with Crippen molar-refractivity contribution in [2.75, 3.05) is 0 Å². The number of hydrogen-bond donors (Lipinski definition) is 1. The quantitative estimate of drug-likeness (QED) is 0.807. The normalized spacial score (nSPS) is 12.4. The lowest BCUT2D eigenvalue weighted by atomic mass is 10.1. The van der Waals surface area contributed by atoms with Gasteiger partial charge in [0.25, 0.3) is 0 Å². The Morgan fingerprint density at radius 3 is 2.56 bits per heavy atom. The molecule has 1 heterocycles. The van der Waals surface area contributed by atoms with Gasteiger partial charge in [-0.25, -0.2) is 0 Å². The zero-order valence-corrected chi connectivity index (χ0v) is 11.4. The Hall–Kier alpha value is -0.760. The fourth-order valence-electron chi connectivity index (χ4n) is 1.58. The first-order valence-electron chi connectivity index (χ1n) is 6.27. The first-order chi connectivity index (χ1) is 7.38. The molecule has 0 saturated heterocycles. The van der Waals surface area contributed by atoms with Crippen molar-refractivity contribution in [2.24, 2.45) is 5.92 Å². The summed E-state index contributed by atoms with van der Waals surface area (Å²) in [7, 11) is 0. The second kappa shape index (κ2) is 5.53. The summed E-state index contributed by atoms with van der Waals surface area (Å²) in [6, 6.07) is 4.35. The van der Waals surface area contributed by atoms with Crippen LogP contribution in [0.25, 0.3) is 0 Å². The maximum atomic E-state index is 3.53. The molecule has 16 heavy (non-hydrogen) atoms. The van der Waals surface area contributed by atoms with E-state index in [9.17, 15) is 0 Å². The smallest absolute Gasteiger partial charge is 0.0363 e. The highest BCUT2D eigenvalue weighted by Crippen LogP contribution is 2.09. The number of nitrogens with one attached hydrogen (secondary N) is 1. The largest absolute Gasteiger partial charge is 0.350 e. The van der Waals surface area contributed by atoms with Crippen molar-refractivity contribution in [2.45, 2.75) is 59.7 Å². The molecular formula is C14H26N2. The summed E-state index contributed by atoms with van der Waals surface area (Å²) in [6.45, 7) is 13.2. The topological polar surface area (TPSA) is 17.0 Å². The third kappa shape index (κ3) is 4.84. The van der Waals surface area contributed by atoms with Crippen LogP contribution in [-0.4, -0.2) is 10.1 Å². The molecule has 92 valence electrons. The maximum absolute atomic E-state index is 3.53. The number of nitrogens with zero attached hydrogens (tertiary/aromatic N) is 1. The van der Waals surface area contributed by atoms with E-state index in [-0.39, 0.29) is 5.54 Å². The standard InChI is InChI=1S/C14H26N2/c1-12(2)8-10-16-9-6-7-13(16)11-15-14(3,4)5/h6-7,9,12,15H,8,10-11H2,1-5H3. The van der Waals surface area contributed by atoms with Crippen LogP contribution in [-0.2, 0) is 13.1 Å². The fraction of sp³-hybridized carbons (Fsp3) is 0.714. The van der Waals surface area contributed by atoms with Crippen LogP contribution in [0.2, 0.25) is 0 Å². The van der Waals surface area contributed by atoms with Gasteiger partial charge in [0.1, 0.15) is 0 Å². The molecular weight excluding hydrogens is 196 g/mol. The third-order valence-electron chi connectivity index (χ3n) is 2.67. The molecule has 1 aromatic rings. The molecule has 0 radical (unpaired) electrons. The molecule has 2 heteroatoms. The van der Waals surface area contributed by atoms with E-state index < -0.39 is 0 Å². The zero-order valence-electron chi connectivity index (χ0n) is 11.4.